The molecule has 0 aromatic carbocycles. The first-order valence-electron chi connectivity index (χ1n) is 2.68. The van der Waals surface area contributed by atoms with Gasteiger partial charge in [0.25, 0.3) is 0 Å². The van der Waals surface area contributed by atoms with E-state index in [1.54, 1.807) is 0 Å². The molecule has 0 unspecified atom stereocenters. The Bertz CT molecular complexity index is 112. The second-order valence-corrected chi connectivity index (χ2v) is 1.84. The first-order valence-corrected chi connectivity index (χ1v) is 2.68. The van der Waals surface area contributed by atoms with Gasteiger partial charge in [-0.3, -0.25) is 0 Å². The maximum Gasteiger partial charge on any atom is 1.00 e. The normalized spacial score (nSPS) is 17.2. The Kier molecular flexibility index (Phi) is 4.74. The van der Waals surface area contributed by atoms with Gasteiger partial charge in [0.15, 0.2) is 0 Å². The number of hydrogen-bond donors (Lipinski definition) is 0. The maximum atomic E-state index is 9.77. The van der Waals surface area contributed by atoms with Crippen molar-refractivity contribution in [1.82, 2.24) is 0 Å². The van der Waals surface area contributed by atoms with E-state index in [2.05, 4.69) is 0 Å². The van der Waals surface area contributed by atoms with Crippen molar-refractivity contribution in [2.45, 2.75) is 6.10 Å². The van der Waals surface area contributed by atoms with Crippen molar-refractivity contribution in [3.63, 3.8) is 0 Å². The number of carboxylic acid groups (broad SMARTS) is 1. The van der Waals surface area contributed by atoms with E-state index in [-0.39, 0.29) is 31.6 Å². The molecular weight excluding hydrogens is 131 g/mol. The Morgan fingerprint density at radius 3 is 2.60 bits per heavy atom. The molecule has 0 aliphatic carbocycles. The molecule has 0 saturated carbocycles. The number of carboxylic acids is 1. The van der Waals surface area contributed by atoms with E-state index in [1.807, 2.05) is 0 Å². The second-order valence-electron chi connectivity index (χ2n) is 1.84. The van der Waals surface area contributed by atoms with Gasteiger partial charge in [0.05, 0.1) is 25.8 Å². The molecule has 5 heteroatoms. The summed E-state index contributed by atoms with van der Waals surface area (Å²) in [6.07, 6.45) is -0.0251. The van der Waals surface area contributed by atoms with Crippen LogP contribution in [0.2, 0.25) is 0 Å². The first-order chi connectivity index (χ1) is 4.29. The Morgan fingerprint density at radius 2 is 2.30 bits per heavy atom. The number of ether oxygens (including phenoxy) is 2. The van der Waals surface area contributed by atoms with Gasteiger partial charge in [-0.25, -0.2) is 0 Å². The van der Waals surface area contributed by atoms with Gasteiger partial charge in [-0.2, -0.15) is 0 Å². The van der Waals surface area contributed by atoms with Gasteiger partial charge in [0.1, 0.15) is 6.10 Å². The predicted molar refractivity (Wildman–Crippen MR) is 25.6 cm³/mol. The van der Waals surface area contributed by atoms with Gasteiger partial charge >= 0.3 is 18.9 Å². The molecule has 0 bridgehead atoms. The third-order valence-corrected chi connectivity index (χ3v) is 1.04. The average molecular weight is 138 g/mol. The topological polar surface area (TPSA) is 58.6 Å². The molecule has 4 nitrogen and oxygen atoms in total. The van der Waals surface area contributed by atoms with E-state index in [4.69, 9.17) is 9.47 Å². The number of carbonyl (C=O) groups is 1. The maximum absolute atomic E-state index is 9.77. The summed E-state index contributed by atoms with van der Waals surface area (Å²) in [4.78, 5) is 9.77. The largest absolute Gasteiger partial charge is 1.00 e. The molecule has 0 aromatic rings. The summed E-state index contributed by atoms with van der Waals surface area (Å²) in [7, 11) is 0. The number of aliphatic carboxylic acids is 1. The van der Waals surface area contributed by atoms with E-state index in [9.17, 15) is 9.90 Å². The van der Waals surface area contributed by atoms with Crippen LogP contribution in [0.15, 0.2) is 0 Å². The minimum Gasteiger partial charge on any atom is -0.548 e. The summed E-state index contributed by atoms with van der Waals surface area (Å²) in [5.74, 6) is -1.18. The second kappa shape index (κ2) is 4.75. The van der Waals surface area contributed by atoms with Crippen LogP contribution in [-0.4, -0.2) is 31.9 Å². The van der Waals surface area contributed by atoms with Crippen molar-refractivity contribution in [1.29, 1.82) is 0 Å². The minimum absolute atomic E-state index is 0. The summed E-state index contributed by atoms with van der Waals surface area (Å²) in [6.45, 7) is 0.689. The molecule has 1 heterocycles. The first kappa shape index (κ1) is 9.99. The third-order valence-electron chi connectivity index (χ3n) is 1.04. The fraction of sp³-hybridized carbons (Fsp3) is 0.800. The van der Waals surface area contributed by atoms with Gasteiger partial charge in [-0.1, -0.05) is 0 Å². The van der Waals surface area contributed by atoms with Crippen LogP contribution >= 0.6 is 0 Å². The number of carbonyl (C=O) groups excluding carboxylic acids is 1. The van der Waals surface area contributed by atoms with E-state index < -0.39 is 5.97 Å². The Balaban J connectivity index is 0.000000810. The van der Waals surface area contributed by atoms with E-state index in [0.717, 1.165) is 0 Å². The molecule has 0 amide bonds. The van der Waals surface area contributed by atoms with Crippen LogP contribution < -0.4 is 24.0 Å². The van der Waals surface area contributed by atoms with Crippen LogP contribution in [0.5, 0.6) is 0 Å². The Morgan fingerprint density at radius 1 is 1.70 bits per heavy atom. The van der Waals surface area contributed by atoms with Crippen molar-refractivity contribution in [2.75, 3.05) is 19.8 Å². The van der Waals surface area contributed by atoms with Crippen molar-refractivity contribution in [2.24, 2.45) is 0 Å². The molecule has 1 aliphatic heterocycles. The van der Waals surface area contributed by atoms with Crippen LogP contribution in [0.25, 0.3) is 0 Å². The summed E-state index contributed by atoms with van der Waals surface area (Å²) >= 11 is 0. The standard InChI is InChI=1S/C5H8O4.Li/c6-5(7)3-9-4-1-8-2-4;/h4H,1-3H2,(H,6,7);/q;+1/p-1. The molecule has 0 aromatic heterocycles. The van der Waals surface area contributed by atoms with Crippen LogP contribution in [0, 0.1) is 0 Å². The van der Waals surface area contributed by atoms with E-state index in [0.29, 0.717) is 13.2 Å². The monoisotopic (exact) mass is 138 g/mol. The molecule has 10 heavy (non-hydrogen) atoms. The number of hydrogen-bond acceptors (Lipinski definition) is 4. The molecule has 1 aliphatic rings. The average Bonchev–Trinajstić information content (AvgIpc) is 1.60. The molecule has 0 atom stereocenters. The zero-order valence-corrected chi connectivity index (χ0v) is 5.83. The van der Waals surface area contributed by atoms with Crippen LogP contribution in [0.4, 0.5) is 0 Å². The Labute approximate surface area is 70.7 Å². The summed E-state index contributed by atoms with van der Waals surface area (Å²) in [5.41, 5.74) is 0. The van der Waals surface area contributed by atoms with Crippen molar-refractivity contribution < 1.29 is 38.2 Å². The fourth-order valence-electron chi connectivity index (χ4n) is 0.496. The smallest absolute Gasteiger partial charge is 0.548 e. The molecule has 1 fully saturated rings. The minimum atomic E-state index is -1.18. The summed E-state index contributed by atoms with van der Waals surface area (Å²) in [6, 6.07) is 0. The third kappa shape index (κ3) is 3.23. The van der Waals surface area contributed by atoms with Crippen molar-refractivity contribution in [3.05, 3.63) is 0 Å². The van der Waals surface area contributed by atoms with Crippen molar-refractivity contribution in [3.8, 4) is 0 Å². The van der Waals surface area contributed by atoms with Gasteiger partial charge in [0, 0.05) is 0 Å². The number of rotatable bonds is 3. The van der Waals surface area contributed by atoms with Gasteiger partial charge in [-0.05, 0) is 0 Å². The fourth-order valence-corrected chi connectivity index (χ4v) is 0.496. The molecule has 0 radical (unpaired) electrons. The van der Waals surface area contributed by atoms with Crippen LogP contribution in [-0.2, 0) is 14.3 Å². The molecule has 1 saturated heterocycles. The quantitative estimate of drug-likeness (QED) is 0.367. The summed E-state index contributed by atoms with van der Waals surface area (Å²) in [5, 5.41) is 9.77. The predicted octanol–water partition coefficient (Wildman–Crippen LogP) is -4.84. The molecule has 52 valence electrons. The van der Waals surface area contributed by atoms with E-state index >= 15 is 0 Å². The van der Waals surface area contributed by atoms with Crippen molar-refractivity contribution >= 4 is 5.97 Å². The van der Waals surface area contributed by atoms with Gasteiger partial charge in [0.2, 0.25) is 0 Å². The zero-order valence-electron chi connectivity index (χ0n) is 5.83. The molecule has 1 rings (SSSR count). The van der Waals surface area contributed by atoms with E-state index in [1.165, 1.54) is 0 Å². The van der Waals surface area contributed by atoms with Crippen LogP contribution in [0.1, 0.15) is 0 Å². The Hall–Kier alpha value is -0.0126. The zero-order chi connectivity index (χ0) is 6.69. The van der Waals surface area contributed by atoms with Crippen LogP contribution in [0.3, 0.4) is 0 Å². The molecule has 0 N–H and O–H groups in total. The summed E-state index contributed by atoms with van der Waals surface area (Å²) < 4.78 is 9.48. The molecular formula is C5H7LiO4. The van der Waals surface area contributed by atoms with Gasteiger partial charge < -0.3 is 19.4 Å². The van der Waals surface area contributed by atoms with Gasteiger partial charge in [-0.15, -0.1) is 0 Å². The SMILES string of the molecule is O=C([O-])COC1COC1.[Li+]. The molecule has 0 spiro atoms.